The van der Waals surface area contributed by atoms with Gasteiger partial charge in [-0.2, -0.15) is 0 Å². The highest BCUT2D eigenvalue weighted by atomic mass is 79.9. The lowest BCUT2D eigenvalue weighted by Crippen LogP contribution is -2.10. The van der Waals surface area contributed by atoms with Gasteiger partial charge in [-0.05, 0) is 73.0 Å². The molecular weight excluding hydrogens is 460 g/mol. The van der Waals surface area contributed by atoms with Crippen LogP contribution < -0.4 is 4.74 Å². The largest absolute Gasteiger partial charge is 0.461 e. The Bertz CT molecular complexity index is 811. The summed E-state index contributed by atoms with van der Waals surface area (Å²) in [4.78, 5) is 12.4. The van der Waals surface area contributed by atoms with Crippen LogP contribution in [0.15, 0.2) is 64.1 Å². The van der Waals surface area contributed by atoms with Gasteiger partial charge in [0.15, 0.2) is 0 Å². The third-order valence-corrected chi connectivity index (χ3v) is 5.26. The summed E-state index contributed by atoms with van der Waals surface area (Å²) >= 11 is 6.73. The maximum atomic E-state index is 12.4. The molecule has 1 aliphatic carbocycles. The number of halogens is 2. The number of hydrogen-bond acceptors (Lipinski definition) is 3. The molecule has 0 amide bonds. The predicted octanol–water partition coefficient (Wildman–Crippen LogP) is 6.43. The van der Waals surface area contributed by atoms with Crippen LogP contribution >= 0.6 is 31.9 Å². The van der Waals surface area contributed by atoms with Crippen molar-refractivity contribution in [2.45, 2.75) is 20.5 Å². The van der Waals surface area contributed by atoms with Crippen molar-refractivity contribution in [3.63, 3.8) is 0 Å². The molecular formula is C21H20Br2O3. The number of ether oxygens (including phenoxy) is 2. The minimum Gasteiger partial charge on any atom is -0.461 e. The molecule has 3 nitrogen and oxygen atoms in total. The molecule has 0 unspecified atom stereocenters. The van der Waals surface area contributed by atoms with Gasteiger partial charge in [0, 0.05) is 0 Å². The van der Waals surface area contributed by atoms with Crippen LogP contribution in [0.3, 0.4) is 0 Å². The zero-order valence-corrected chi connectivity index (χ0v) is 17.8. The molecule has 2 aromatic carbocycles. The van der Waals surface area contributed by atoms with E-state index < -0.39 is 0 Å². The second-order valence-electron chi connectivity index (χ2n) is 6.95. The highest BCUT2D eigenvalue weighted by molar-refractivity contribution is 9.28. The molecule has 1 saturated carbocycles. The van der Waals surface area contributed by atoms with E-state index in [1.54, 1.807) is 0 Å². The summed E-state index contributed by atoms with van der Waals surface area (Å²) in [6, 6.07) is 17.2. The fraction of sp³-hybridized carbons (Fsp3) is 0.286. The van der Waals surface area contributed by atoms with Crippen molar-refractivity contribution in [3.05, 3.63) is 69.6 Å². The Kier molecular flexibility index (Phi) is 5.88. The molecule has 2 aromatic rings. The molecule has 1 fully saturated rings. The lowest BCUT2D eigenvalue weighted by atomic mass is 10.1. The fourth-order valence-corrected chi connectivity index (χ4v) is 3.71. The first kappa shape index (κ1) is 19.2. The van der Waals surface area contributed by atoms with Gasteiger partial charge in [0.05, 0.1) is 9.31 Å². The molecule has 0 spiro atoms. The predicted molar refractivity (Wildman–Crippen MR) is 109 cm³/mol. The topological polar surface area (TPSA) is 35.5 Å². The Morgan fingerprint density at radius 1 is 1.08 bits per heavy atom. The van der Waals surface area contributed by atoms with Crippen LogP contribution in [-0.2, 0) is 16.1 Å². The summed E-state index contributed by atoms with van der Waals surface area (Å²) in [5, 5.41) is 0. The molecule has 0 N–H and O–H groups in total. The van der Waals surface area contributed by atoms with Crippen molar-refractivity contribution in [2.75, 3.05) is 0 Å². The molecule has 0 aromatic heterocycles. The van der Waals surface area contributed by atoms with Gasteiger partial charge in [-0.25, -0.2) is 0 Å². The number of benzene rings is 2. The van der Waals surface area contributed by atoms with Crippen molar-refractivity contribution in [1.29, 1.82) is 0 Å². The number of carbonyl (C=O) groups excluding carboxylic acids is 1. The van der Waals surface area contributed by atoms with Gasteiger partial charge in [0.1, 0.15) is 18.1 Å². The Morgan fingerprint density at radius 3 is 2.46 bits per heavy atom. The summed E-state index contributed by atoms with van der Waals surface area (Å²) in [6.45, 7) is 4.40. The standard InChI is InChI=1S/C21H20Br2O3/c1-21(2)17(12-18(22)23)19(21)20(24)25-13-14-7-6-10-16(11-14)26-15-8-4-3-5-9-15/h3-12,17,19H,13H2,1-2H3/t17-,19+/m1/s1. The molecule has 0 aliphatic heterocycles. The van der Waals surface area contributed by atoms with Crippen LogP contribution in [0.25, 0.3) is 0 Å². The monoisotopic (exact) mass is 478 g/mol. The van der Waals surface area contributed by atoms with E-state index in [0.29, 0.717) is 0 Å². The minimum atomic E-state index is -0.160. The van der Waals surface area contributed by atoms with Crippen LogP contribution in [0.5, 0.6) is 11.5 Å². The van der Waals surface area contributed by atoms with Gasteiger partial charge >= 0.3 is 5.97 Å². The second-order valence-corrected chi connectivity index (χ2v) is 9.72. The van der Waals surface area contributed by atoms with E-state index in [0.717, 1.165) is 20.5 Å². The molecule has 1 aliphatic rings. The normalized spacial score (nSPS) is 20.2. The van der Waals surface area contributed by atoms with Crippen LogP contribution in [0, 0.1) is 17.3 Å². The lowest BCUT2D eigenvalue weighted by molar-refractivity contribution is -0.147. The number of rotatable bonds is 6. The molecule has 0 heterocycles. The maximum absolute atomic E-state index is 12.4. The molecule has 26 heavy (non-hydrogen) atoms. The molecule has 2 atom stereocenters. The van der Waals surface area contributed by atoms with E-state index in [9.17, 15) is 4.79 Å². The molecule has 5 heteroatoms. The van der Waals surface area contributed by atoms with Crippen LogP contribution in [0.1, 0.15) is 19.4 Å². The highest BCUT2D eigenvalue weighted by Crippen LogP contribution is 2.60. The summed E-state index contributed by atoms with van der Waals surface area (Å²) in [5.74, 6) is 1.40. The average molecular weight is 480 g/mol. The van der Waals surface area contributed by atoms with Crippen molar-refractivity contribution < 1.29 is 14.3 Å². The summed E-state index contributed by atoms with van der Waals surface area (Å²) in [7, 11) is 0. The smallest absolute Gasteiger partial charge is 0.310 e. The number of hydrogen-bond donors (Lipinski definition) is 0. The van der Waals surface area contributed by atoms with E-state index >= 15 is 0 Å². The second kappa shape index (κ2) is 7.97. The number of esters is 1. The lowest BCUT2D eigenvalue weighted by Gasteiger charge is -2.09. The number of allylic oxidation sites excluding steroid dienone is 1. The van der Waals surface area contributed by atoms with Gasteiger partial charge in [-0.15, -0.1) is 0 Å². The highest BCUT2D eigenvalue weighted by Gasteiger charge is 2.61. The van der Waals surface area contributed by atoms with E-state index in [1.165, 1.54) is 0 Å². The molecule has 0 bridgehead atoms. The van der Waals surface area contributed by atoms with Gasteiger partial charge in [0.2, 0.25) is 0 Å². The first-order valence-corrected chi connectivity index (χ1v) is 9.98. The maximum Gasteiger partial charge on any atom is 0.310 e. The fourth-order valence-electron chi connectivity index (χ4n) is 3.14. The quantitative estimate of drug-likeness (QED) is 0.448. The van der Waals surface area contributed by atoms with Crippen LogP contribution in [0.2, 0.25) is 0 Å². The Labute approximate surface area is 170 Å². The number of carbonyl (C=O) groups is 1. The molecule has 3 rings (SSSR count). The SMILES string of the molecule is CC1(C)[C@H](C=C(Br)Br)[C@H]1C(=O)OCc1cccc(Oc2ccccc2)c1. The Hall–Kier alpha value is -1.59. The van der Waals surface area contributed by atoms with E-state index in [2.05, 4.69) is 45.7 Å². The van der Waals surface area contributed by atoms with E-state index in [-0.39, 0.29) is 29.8 Å². The van der Waals surface area contributed by atoms with Crippen LogP contribution in [-0.4, -0.2) is 5.97 Å². The third-order valence-electron chi connectivity index (χ3n) is 4.73. The summed E-state index contributed by atoms with van der Waals surface area (Å²) < 4.78 is 12.2. The summed E-state index contributed by atoms with van der Waals surface area (Å²) in [5.41, 5.74) is 0.821. The van der Waals surface area contributed by atoms with Crippen molar-refractivity contribution in [1.82, 2.24) is 0 Å². The zero-order valence-electron chi connectivity index (χ0n) is 14.6. The minimum absolute atomic E-state index is 0.0812. The zero-order chi connectivity index (χ0) is 18.7. The van der Waals surface area contributed by atoms with Crippen molar-refractivity contribution >= 4 is 37.8 Å². The van der Waals surface area contributed by atoms with Crippen LogP contribution in [0.4, 0.5) is 0 Å². The Balaban J connectivity index is 1.59. The molecule has 136 valence electrons. The van der Waals surface area contributed by atoms with Crippen molar-refractivity contribution in [2.24, 2.45) is 17.3 Å². The number of para-hydroxylation sites is 1. The molecule has 0 radical (unpaired) electrons. The first-order valence-electron chi connectivity index (χ1n) is 8.39. The van der Waals surface area contributed by atoms with Gasteiger partial charge in [-0.1, -0.05) is 50.3 Å². The Morgan fingerprint density at radius 2 is 1.77 bits per heavy atom. The van der Waals surface area contributed by atoms with Gasteiger partial charge < -0.3 is 9.47 Å². The third kappa shape index (κ3) is 4.57. The van der Waals surface area contributed by atoms with Gasteiger partial charge in [0.25, 0.3) is 0 Å². The van der Waals surface area contributed by atoms with E-state index in [1.807, 2.05) is 60.7 Å². The summed E-state index contributed by atoms with van der Waals surface area (Å²) in [6.07, 6.45) is 2.01. The average Bonchev–Trinajstić information content (AvgIpc) is 3.13. The van der Waals surface area contributed by atoms with Crippen molar-refractivity contribution in [3.8, 4) is 11.5 Å². The molecule has 0 saturated heterocycles. The van der Waals surface area contributed by atoms with Gasteiger partial charge in [-0.3, -0.25) is 4.79 Å². The van der Waals surface area contributed by atoms with E-state index in [4.69, 9.17) is 9.47 Å². The first-order chi connectivity index (χ1) is 12.4.